The second kappa shape index (κ2) is 7.75. The zero-order chi connectivity index (χ0) is 14.7. The average Bonchev–Trinajstić information content (AvgIpc) is 2.99. The summed E-state index contributed by atoms with van der Waals surface area (Å²) in [5.74, 6) is -0.991. The summed E-state index contributed by atoms with van der Waals surface area (Å²) in [6.07, 6.45) is 2.56. The predicted molar refractivity (Wildman–Crippen MR) is 83.2 cm³/mol. The van der Waals surface area contributed by atoms with Gasteiger partial charge in [0.05, 0.1) is 0 Å². The van der Waals surface area contributed by atoms with Gasteiger partial charge in [0.2, 0.25) is 0 Å². The van der Waals surface area contributed by atoms with Crippen LogP contribution in [0, 0.1) is 6.26 Å². The van der Waals surface area contributed by atoms with Crippen molar-refractivity contribution in [1.82, 2.24) is 0 Å². The molecule has 0 aliphatic heterocycles. The second-order valence-corrected chi connectivity index (χ2v) is 6.50. The van der Waals surface area contributed by atoms with Gasteiger partial charge < -0.3 is 9.52 Å². The summed E-state index contributed by atoms with van der Waals surface area (Å²) >= 11 is 0. The molecule has 0 aliphatic rings. The first kappa shape index (κ1) is 17.0. The van der Waals surface area contributed by atoms with Gasteiger partial charge in [-0.05, 0) is 35.9 Å². The number of hydrogen-bond donors (Lipinski definition) is 1. The Morgan fingerprint density at radius 3 is 1.91 bits per heavy atom. The molecule has 0 atom stereocenters. The molecule has 2 aromatic carbocycles. The molecule has 0 radical (unpaired) electrons. The number of carbonyl (C=O) groups is 1. The first-order chi connectivity index (χ1) is 10.3. The third-order valence-corrected chi connectivity index (χ3v) is 5.42. The molecule has 0 spiro atoms. The maximum Gasteiger partial charge on any atom is 1.00 e. The zero-order valence-electron chi connectivity index (χ0n) is 12.1. The van der Waals surface area contributed by atoms with Crippen LogP contribution in [0.25, 0.3) is 0 Å². The zero-order valence-corrected chi connectivity index (χ0v) is 15.0. The van der Waals surface area contributed by atoms with Gasteiger partial charge in [0, 0.05) is 0 Å². The van der Waals surface area contributed by atoms with Crippen molar-refractivity contribution >= 4 is 30.0 Å². The molecule has 0 aliphatic carbocycles. The Balaban J connectivity index is 0.00000176. The van der Waals surface area contributed by atoms with Gasteiger partial charge in [0.15, 0.2) is 0 Å². The molecule has 5 heteroatoms. The SMILES string of the molecule is O=C(O)c1c[c-]oc1P(c1ccccc1)c1ccccc1.[Na+]. The van der Waals surface area contributed by atoms with E-state index in [1.54, 1.807) is 0 Å². The van der Waals surface area contributed by atoms with Gasteiger partial charge in [-0.1, -0.05) is 60.7 Å². The van der Waals surface area contributed by atoms with Crippen LogP contribution in [0.5, 0.6) is 0 Å². The molecule has 3 rings (SSSR count). The average molecular weight is 318 g/mol. The fourth-order valence-electron chi connectivity index (χ4n) is 2.12. The summed E-state index contributed by atoms with van der Waals surface area (Å²) in [7, 11) is -1.04. The summed E-state index contributed by atoms with van der Waals surface area (Å²) < 4.78 is 5.42. The van der Waals surface area contributed by atoms with Crippen LogP contribution in [0.15, 0.2) is 71.1 Å². The Hall–Kier alpha value is -1.38. The van der Waals surface area contributed by atoms with E-state index in [9.17, 15) is 9.90 Å². The number of carboxylic acid groups (broad SMARTS) is 1. The quantitative estimate of drug-likeness (QED) is 0.402. The van der Waals surface area contributed by atoms with Gasteiger partial charge in [-0.25, -0.2) is 0 Å². The molecule has 1 aromatic heterocycles. The summed E-state index contributed by atoms with van der Waals surface area (Å²) in [6.45, 7) is 0. The number of rotatable bonds is 4. The summed E-state index contributed by atoms with van der Waals surface area (Å²) in [5.41, 5.74) is 0.642. The van der Waals surface area contributed by atoms with Crippen molar-refractivity contribution in [1.29, 1.82) is 0 Å². The molecule has 3 nitrogen and oxygen atoms in total. The number of furan rings is 1. The standard InChI is InChI=1S/C17H12O3P.Na/c18-16(19)15-11-12-20-17(15)21(13-7-3-1-4-8-13)14-9-5-2-6-10-14;/h1-11H,(H,18,19);/q-1;+1. The molecule has 1 N–H and O–H groups in total. The largest absolute Gasteiger partial charge is 1.00 e. The number of hydrogen-bond acceptors (Lipinski definition) is 2. The van der Waals surface area contributed by atoms with E-state index in [4.69, 9.17) is 4.42 Å². The Bertz CT molecular complexity index is 701. The molecule has 0 saturated carbocycles. The normalized spacial score (nSPS) is 10.2. The monoisotopic (exact) mass is 318 g/mol. The van der Waals surface area contributed by atoms with Crippen LogP contribution in [0.4, 0.5) is 0 Å². The molecule has 1 heterocycles. The molecule has 0 unspecified atom stereocenters. The summed E-state index contributed by atoms with van der Waals surface area (Å²) in [4.78, 5) is 11.4. The van der Waals surface area contributed by atoms with E-state index in [0.717, 1.165) is 10.6 Å². The summed E-state index contributed by atoms with van der Waals surface area (Å²) in [5, 5.41) is 11.4. The van der Waals surface area contributed by atoms with Crippen molar-refractivity contribution in [2.75, 3.05) is 0 Å². The van der Waals surface area contributed by atoms with E-state index < -0.39 is 13.9 Å². The van der Waals surface area contributed by atoms with Crippen molar-refractivity contribution < 1.29 is 43.9 Å². The van der Waals surface area contributed by atoms with Crippen LogP contribution >= 0.6 is 7.92 Å². The molecule has 104 valence electrons. The third kappa shape index (κ3) is 3.50. The first-order valence-corrected chi connectivity index (χ1v) is 7.75. The molecule has 3 aromatic rings. The minimum atomic E-state index is -1.04. The molecular formula is C17H12NaO3P. The van der Waals surface area contributed by atoms with Gasteiger partial charge in [0.25, 0.3) is 5.97 Å². The van der Waals surface area contributed by atoms with E-state index in [1.165, 1.54) is 6.07 Å². The maximum absolute atomic E-state index is 11.4. The number of carboxylic acids is 1. The molecule has 0 amide bonds. The minimum absolute atomic E-state index is 0. The van der Waals surface area contributed by atoms with Crippen molar-refractivity contribution in [2.45, 2.75) is 0 Å². The van der Waals surface area contributed by atoms with Crippen molar-refractivity contribution in [2.24, 2.45) is 0 Å². The fourth-order valence-corrected chi connectivity index (χ4v) is 4.37. The topological polar surface area (TPSA) is 50.4 Å². The van der Waals surface area contributed by atoms with E-state index in [1.807, 2.05) is 60.7 Å². The van der Waals surface area contributed by atoms with E-state index in [0.29, 0.717) is 5.50 Å². The van der Waals surface area contributed by atoms with E-state index >= 15 is 0 Å². The smallest absolute Gasteiger partial charge is 0.590 e. The van der Waals surface area contributed by atoms with Crippen LogP contribution in [0.1, 0.15) is 10.4 Å². The minimum Gasteiger partial charge on any atom is -0.590 e. The Labute approximate surface area is 152 Å². The maximum atomic E-state index is 11.4. The van der Waals surface area contributed by atoms with E-state index in [-0.39, 0.29) is 35.1 Å². The van der Waals surface area contributed by atoms with Gasteiger partial charge in [-0.15, -0.1) is 6.07 Å². The van der Waals surface area contributed by atoms with Gasteiger partial charge in [0.1, 0.15) is 0 Å². The van der Waals surface area contributed by atoms with Crippen LogP contribution in [0.3, 0.4) is 0 Å². The number of benzene rings is 2. The third-order valence-electron chi connectivity index (χ3n) is 3.05. The molecular weight excluding hydrogens is 306 g/mol. The fraction of sp³-hybridized carbons (Fsp3) is 0. The Kier molecular flexibility index (Phi) is 5.98. The molecule has 22 heavy (non-hydrogen) atoms. The molecule has 0 bridgehead atoms. The van der Waals surface area contributed by atoms with Crippen LogP contribution in [-0.4, -0.2) is 11.1 Å². The van der Waals surface area contributed by atoms with Crippen LogP contribution < -0.4 is 45.7 Å². The van der Waals surface area contributed by atoms with Crippen LogP contribution in [-0.2, 0) is 0 Å². The van der Waals surface area contributed by atoms with Gasteiger partial charge in [-0.3, -0.25) is 4.79 Å². The number of aromatic carboxylic acids is 1. The predicted octanol–water partition coefficient (Wildman–Crippen LogP) is -0.460. The van der Waals surface area contributed by atoms with E-state index in [2.05, 4.69) is 6.26 Å². The van der Waals surface area contributed by atoms with Crippen molar-refractivity contribution in [3.8, 4) is 0 Å². The molecule has 0 fully saturated rings. The first-order valence-electron chi connectivity index (χ1n) is 6.41. The van der Waals surface area contributed by atoms with Gasteiger partial charge in [-0.2, -0.15) is 0 Å². The Morgan fingerprint density at radius 1 is 0.955 bits per heavy atom. The summed E-state index contributed by atoms with van der Waals surface area (Å²) in [6, 6.07) is 21.0. The van der Waals surface area contributed by atoms with Crippen LogP contribution in [0.2, 0.25) is 0 Å². The Morgan fingerprint density at radius 2 is 1.45 bits per heavy atom. The van der Waals surface area contributed by atoms with Gasteiger partial charge >= 0.3 is 29.6 Å². The van der Waals surface area contributed by atoms with Crippen molar-refractivity contribution in [3.05, 3.63) is 78.6 Å². The second-order valence-electron chi connectivity index (χ2n) is 4.39. The molecule has 0 saturated heterocycles. The van der Waals surface area contributed by atoms with Crippen molar-refractivity contribution in [3.63, 3.8) is 0 Å².